The van der Waals surface area contributed by atoms with Gasteiger partial charge in [0.2, 0.25) is 0 Å². The van der Waals surface area contributed by atoms with Gasteiger partial charge in [0.05, 0.1) is 11.3 Å². The number of aromatic nitrogens is 2. The third-order valence-electron chi connectivity index (χ3n) is 5.75. The first kappa shape index (κ1) is 20.3. The van der Waals surface area contributed by atoms with Crippen LogP contribution in [0.25, 0.3) is 11.4 Å². The summed E-state index contributed by atoms with van der Waals surface area (Å²) in [4.78, 5) is 22.1. The van der Waals surface area contributed by atoms with Crippen LogP contribution in [0.4, 0.5) is 13.2 Å². The van der Waals surface area contributed by atoms with Crippen LogP contribution in [0, 0.1) is 13.8 Å². The molecule has 7 heteroatoms. The number of rotatable bonds is 3. The Morgan fingerprint density at radius 3 is 2.53 bits per heavy atom. The first-order valence-corrected chi connectivity index (χ1v) is 9.79. The number of nitrogens with zero attached hydrogens (tertiary/aromatic N) is 2. The summed E-state index contributed by atoms with van der Waals surface area (Å²) in [5.41, 5.74) is 4.58. The molecule has 0 unspecified atom stereocenters. The topological polar surface area (TPSA) is 49.0 Å². The molecule has 0 radical (unpaired) electrons. The SMILES string of the molecule is Cc1cccc(CN2CCc3c(nc(-c4ccc(C(F)(F)F)cc4)[nH]c3=O)C2)c1C. The van der Waals surface area contributed by atoms with Crippen molar-refractivity contribution in [2.75, 3.05) is 6.54 Å². The molecule has 2 heterocycles. The zero-order chi connectivity index (χ0) is 21.5. The zero-order valence-corrected chi connectivity index (χ0v) is 16.8. The monoisotopic (exact) mass is 413 g/mol. The van der Waals surface area contributed by atoms with Gasteiger partial charge in [-0.2, -0.15) is 13.2 Å². The Morgan fingerprint density at radius 2 is 1.83 bits per heavy atom. The highest BCUT2D eigenvalue weighted by atomic mass is 19.4. The van der Waals surface area contributed by atoms with Gasteiger partial charge in [-0.1, -0.05) is 30.3 Å². The number of fused-ring (bicyclic) bond motifs is 1. The van der Waals surface area contributed by atoms with Crippen LogP contribution < -0.4 is 5.56 Å². The fourth-order valence-electron chi connectivity index (χ4n) is 3.81. The van der Waals surface area contributed by atoms with Crippen LogP contribution in [-0.2, 0) is 25.7 Å². The van der Waals surface area contributed by atoms with E-state index in [0.29, 0.717) is 35.6 Å². The Labute approximate surface area is 172 Å². The molecule has 30 heavy (non-hydrogen) atoms. The van der Waals surface area contributed by atoms with Gasteiger partial charge in [-0.3, -0.25) is 9.69 Å². The second-order valence-corrected chi connectivity index (χ2v) is 7.73. The van der Waals surface area contributed by atoms with Gasteiger partial charge >= 0.3 is 6.18 Å². The molecular formula is C23H22F3N3O. The third kappa shape index (κ3) is 4.03. The fourth-order valence-corrected chi connectivity index (χ4v) is 3.81. The number of alkyl halides is 3. The van der Waals surface area contributed by atoms with Gasteiger partial charge in [0.15, 0.2) is 0 Å². The predicted octanol–water partition coefficient (Wildman–Crippen LogP) is 4.63. The van der Waals surface area contributed by atoms with E-state index in [2.05, 4.69) is 40.8 Å². The van der Waals surface area contributed by atoms with E-state index in [0.717, 1.165) is 25.2 Å². The number of aromatic amines is 1. The lowest BCUT2D eigenvalue weighted by atomic mass is 10.0. The maximum atomic E-state index is 12.8. The van der Waals surface area contributed by atoms with Crippen molar-refractivity contribution < 1.29 is 13.2 Å². The Balaban J connectivity index is 1.60. The molecule has 1 aliphatic heterocycles. The Bertz CT molecular complexity index is 1130. The number of benzene rings is 2. The van der Waals surface area contributed by atoms with E-state index in [1.54, 1.807) is 0 Å². The summed E-state index contributed by atoms with van der Waals surface area (Å²) in [6.07, 6.45) is -3.81. The van der Waals surface area contributed by atoms with Crippen molar-refractivity contribution in [3.05, 3.63) is 86.3 Å². The molecule has 0 bridgehead atoms. The van der Waals surface area contributed by atoms with E-state index in [1.165, 1.54) is 28.8 Å². The molecule has 1 aromatic heterocycles. The second-order valence-electron chi connectivity index (χ2n) is 7.73. The van der Waals surface area contributed by atoms with Gasteiger partial charge in [-0.25, -0.2) is 4.98 Å². The summed E-state index contributed by atoms with van der Waals surface area (Å²) in [6, 6.07) is 10.9. The van der Waals surface area contributed by atoms with E-state index < -0.39 is 11.7 Å². The average molecular weight is 413 g/mol. The van der Waals surface area contributed by atoms with E-state index in [4.69, 9.17) is 0 Å². The molecule has 0 spiro atoms. The maximum Gasteiger partial charge on any atom is 0.416 e. The van der Waals surface area contributed by atoms with Crippen molar-refractivity contribution in [1.82, 2.24) is 14.9 Å². The van der Waals surface area contributed by atoms with E-state index >= 15 is 0 Å². The summed E-state index contributed by atoms with van der Waals surface area (Å²) in [6.45, 7) is 6.23. The van der Waals surface area contributed by atoms with E-state index in [1.807, 2.05) is 6.07 Å². The summed E-state index contributed by atoms with van der Waals surface area (Å²) >= 11 is 0. The number of nitrogens with one attached hydrogen (secondary N) is 1. The normalized spacial score (nSPS) is 14.6. The summed E-state index contributed by atoms with van der Waals surface area (Å²) in [5.74, 6) is 0.293. The largest absolute Gasteiger partial charge is 0.416 e. The van der Waals surface area contributed by atoms with E-state index in [-0.39, 0.29) is 5.56 Å². The van der Waals surface area contributed by atoms with E-state index in [9.17, 15) is 18.0 Å². The molecule has 0 atom stereocenters. The van der Waals surface area contributed by atoms with Crippen LogP contribution in [0.1, 0.15) is 33.5 Å². The molecule has 0 amide bonds. The highest BCUT2D eigenvalue weighted by molar-refractivity contribution is 5.56. The Kier molecular flexibility index (Phi) is 5.24. The summed E-state index contributed by atoms with van der Waals surface area (Å²) < 4.78 is 38.4. The molecule has 2 aromatic carbocycles. The molecule has 0 fully saturated rings. The second kappa shape index (κ2) is 7.72. The minimum absolute atomic E-state index is 0.221. The molecule has 1 N–H and O–H groups in total. The van der Waals surface area contributed by atoms with Crippen LogP contribution in [0.15, 0.2) is 47.3 Å². The Hall–Kier alpha value is -2.93. The van der Waals surface area contributed by atoms with Crippen molar-refractivity contribution in [2.45, 2.75) is 39.5 Å². The molecule has 4 rings (SSSR count). The highest BCUT2D eigenvalue weighted by Gasteiger charge is 2.30. The lowest BCUT2D eigenvalue weighted by Crippen LogP contribution is -2.35. The molecule has 156 valence electrons. The Morgan fingerprint density at radius 1 is 1.10 bits per heavy atom. The van der Waals surface area contributed by atoms with Gasteiger partial charge in [-0.05, 0) is 49.1 Å². The van der Waals surface area contributed by atoms with Crippen LogP contribution in [0.5, 0.6) is 0 Å². The van der Waals surface area contributed by atoms with Gasteiger partial charge in [0.1, 0.15) is 5.82 Å². The quantitative estimate of drug-likeness (QED) is 0.681. The number of hydrogen-bond donors (Lipinski definition) is 1. The summed E-state index contributed by atoms with van der Waals surface area (Å²) in [5, 5.41) is 0. The van der Waals surface area contributed by atoms with Gasteiger partial charge in [-0.15, -0.1) is 0 Å². The maximum absolute atomic E-state index is 12.8. The highest BCUT2D eigenvalue weighted by Crippen LogP contribution is 2.30. The van der Waals surface area contributed by atoms with Crippen molar-refractivity contribution in [2.24, 2.45) is 0 Å². The van der Waals surface area contributed by atoms with Crippen molar-refractivity contribution in [3.8, 4) is 11.4 Å². The van der Waals surface area contributed by atoms with Crippen molar-refractivity contribution in [1.29, 1.82) is 0 Å². The van der Waals surface area contributed by atoms with Crippen LogP contribution in [0.3, 0.4) is 0 Å². The smallest absolute Gasteiger partial charge is 0.306 e. The first-order valence-electron chi connectivity index (χ1n) is 9.79. The number of aryl methyl sites for hydroxylation is 1. The lowest BCUT2D eigenvalue weighted by Gasteiger charge is -2.28. The number of H-pyrrole nitrogens is 1. The minimum Gasteiger partial charge on any atom is -0.306 e. The molecular weight excluding hydrogens is 391 g/mol. The molecule has 0 aliphatic carbocycles. The molecule has 0 saturated carbocycles. The van der Waals surface area contributed by atoms with Crippen LogP contribution >= 0.6 is 0 Å². The summed E-state index contributed by atoms with van der Waals surface area (Å²) in [7, 11) is 0. The molecule has 3 aromatic rings. The van der Waals surface area contributed by atoms with Crippen LogP contribution in [-0.4, -0.2) is 21.4 Å². The number of halogens is 3. The lowest BCUT2D eigenvalue weighted by molar-refractivity contribution is -0.137. The average Bonchev–Trinajstić information content (AvgIpc) is 2.70. The third-order valence-corrected chi connectivity index (χ3v) is 5.75. The predicted molar refractivity (Wildman–Crippen MR) is 109 cm³/mol. The van der Waals surface area contributed by atoms with Crippen molar-refractivity contribution in [3.63, 3.8) is 0 Å². The minimum atomic E-state index is -4.40. The fraction of sp³-hybridized carbons (Fsp3) is 0.304. The van der Waals surface area contributed by atoms with Crippen LogP contribution in [0.2, 0.25) is 0 Å². The standard InChI is InChI=1S/C23H22F3N3O/c1-14-4-3-5-17(15(14)2)12-29-11-10-19-20(13-29)27-21(28-22(19)30)16-6-8-18(9-7-16)23(24,25)26/h3-9H,10-13H2,1-2H3,(H,27,28,30). The molecule has 4 nitrogen and oxygen atoms in total. The molecule has 1 aliphatic rings. The van der Waals surface area contributed by atoms with Crippen molar-refractivity contribution >= 4 is 0 Å². The van der Waals surface area contributed by atoms with Gasteiger partial charge in [0, 0.05) is 30.8 Å². The zero-order valence-electron chi connectivity index (χ0n) is 16.8. The number of hydrogen-bond acceptors (Lipinski definition) is 3. The first-order chi connectivity index (χ1) is 14.2. The molecule has 0 saturated heterocycles. The van der Waals surface area contributed by atoms with Gasteiger partial charge in [0.25, 0.3) is 5.56 Å². The van der Waals surface area contributed by atoms with Gasteiger partial charge < -0.3 is 4.98 Å².